The van der Waals surface area contributed by atoms with Crippen LogP contribution in [0.3, 0.4) is 0 Å². The maximum absolute atomic E-state index is 13.5. The minimum absolute atomic E-state index is 0.0135. The number of aliphatic imine (C=N–C) groups is 1. The predicted octanol–water partition coefficient (Wildman–Crippen LogP) is 3.43. The highest BCUT2D eigenvalue weighted by molar-refractivity contribution is 8.16. The van der Waals surface area contributed by atoms with Gasteiger partial charge in [0.15, 0.2) is 15.0 Å². The summed E-state index contributed by atoms with van der Waals surface area (Å²) in [6.45, 7) is 5.23. The van der Waals surface area contributed by atoms with Crippen LogP contribution in [0.15, 0.2) is 59.6 Å². The first kappa shape index (κ1) is 27.0. The number of alkyl carbamates (subject to hydrolysis) is 1. The summed E-state index contributed by atoms with van der Waals surface area (Å²) < 4.78 is 35.5. The quantitative estimate of drug-likeness (QED) is 0.587. The van der Waals surface area contributed by atoms with Crippen LogP contribution in [0.2, 0.25) is 0 Å². The summed E-state index contributed by atoms with van der Waals surface area (Å²) in [4.78, 5) is 32.3. The van der Waals surface area contributed by atoms with Crippen molar-refractivity contribution in [1.29, 1.82) is 0 Å². The van der Waals surface area contributed by atoms with E-state index in [1.165, 1.54) is 11.8 Å². The molecule has 2 heterocycles. The molecule has 11 heteroatoms. The van der Waals surface area contributed by atoms with Gasteiger partial charge < -0.3 is 19.7 Å². The molecule has 0 aliphatic carbocycles. The molecule has 0 unspecified atom stereocenters. The number of amides is 2. The molecular formula is C26H31N3O6S2. The van der Waals surface area contributed by atoms with Gasteiger partial charge >= 0.3 is 6.09 Å². The maximum Gasteiger partial charge on any atom is 0.408 e. The zero-order valence-electron chi connectivity index (χ0n) is 21.2. The Morgan fingerprint density at radius 2 is 1.86 bits per heavy atom. The third kappa shape index (κ3) is 6.84. The molecule has 37 heavy (non-hydrogen) atoms. The lowest BCUT2D eigenvalue weighted by molar-refractivity contribution is -0.119. The Balaban J connectivity index is 1.66. The van der Waals surface area contributed by atoms with Crippen molar-refractivity contribution in [2.24, 2.45) is 4.99 Å². The van der Waals surface area contributed by atoms with Crippen LogP contribution < -0.4 is 15.0 Å². The van der Waals surface area contributed by atoms with Crippen LogP contribution in [0.1, 0.15) is 26.3 Å². The van der Waals surface area contributed by atoms with Gasteiger partial charge in [-0.3, -0.25) is 4.79 Å². The van der Waals surface area contributed by atoms with Gasteiger partial charge in [0.05, 0.1) is 24.7 Å². The van der Waals surface area contributed by atoms with E-state index in [4.69, 9.17) is 9.47 Å². The minimum atomic E-state index is -3.21. The lowest BCUT2D eigenvalue weighted by Crippen LogP contribution is -2.45. The van der Waals surface area contributed by atoms with Crippen molar-refractivity contribution in [3.8, 4) is 5.75 Å². The summed E-state index contributed by atoms with van der Waals surface area (Å²) in [5.41, 5.74) is 0.801. The van der Waals surface area contributed by atoms with Gasteiger partial charge in [-0.2, -0.15) is 4.99 Å². The van der Waals surface area contributed by atoms with Crippen LogP contribution in [-0.4, -0.2) is 67.1 Å². The van der Waals surface area contributed by atoms with E-state index >= 15 is 0 Å². The monoisotopic (exact) mass is 545 g/mol. The van der Waals surface area contributed by atoms with Crippen LogP contribution in [0.4, 0.5) is 10.5 Å². The van der Waals surface area contributed by atoms with E-state index in [2.05, 4.69) is 10.3 Å². The smallest absolute Gasteiger partial charge is 0.408 e. The molecule has 0 bridgehead atoms. The van der Waals surface area contributed by atoms with Gasteiger partial charge in [-0.15, -0.1) is 0 Å². The Labute approximate surface area is 221 Å². The Morgan fingerprint density at radius 1 is 1.14 bits per heavy atom. The van der Waals surface area contributed by atoms with Crippen molar-refractivity contribution < 1.29 is 27.5 Å². The molecule has 1 N–H and O–H groups in total. The lowest BCUT2D eigenvalue weighted by atomic mass is 10.1. The highest BCUT2D eigenvalue weighted by Crippen LogP contribution is 2.41. The van der Waals surface area contributed by atoms with E-state index in [1.54, 1.807) is 51.0 Å². The molecule has 0 spiro atoms. The Bertz CT molecular complexity index is 1290. The molecule has 2 amide bonds. The first-order chi connectivity index (χ1) is 17.4. The Kier molecular flexibility index (Phi) is 7.84. The molecule has 2 aliphatic heterocycles. The summed E-state index contributed by atoms with van der Waals surface area (Å²) in [5.74, 6) is 0.0390. The second-order valence-electron chi connectivity index (χ2n) is 9.99. The number of benzene rings is 2. The van der Waals surface area contributed by atoms with Crippen molar-refractivity contribution in [3.63, 3.8) is 0 Å². The molecule has 9 nitrogen and oxygen atoms in total. The molecule has 2 fully saturated rings. The summed E-state index contributed by atoms with van der Waals surface area (Å²) in [5, 5.41) is 2.81. The number of carbonyl (C=O) groups is 2. The number of hydrogen-bond donors (Lipinski definition) is 1. The summed E-state index contributed by atoms with van der Waals surface area (Å²) in [6, 6.07) is 15.2. The summed E-state index contributed by atoms with van der Waals surface area (Å²) in [7, 11) is -1.66. The molecule has 198 valence electrons. The molecular weight excluding hydrogens is 514 g/mol. The van der Waals surface area contributed by atoms with Crippen molar-refractivity contribution >= 4 is 44.5 Å². The number of nitrogens with one attached hydrogen (secondary N) is 1. The summed E-state index contributed by atoms with van der Waals surface area (Å²) >= 11 is 1.27. The topological polar surface area (TPSA) is 114 Å². The first-order valence-electron chi connectivity index (χ1n) is 11.9. The molecule has 0 aromatic heterocycles. The van der Waals surface area contributed by atoms with Gasteiger partial charge in [0, 0.05) is 23.4 Å². The number of rotatable bonds is 6. The molecule has 2 aromatic carbocycles. The van der Waals surface area contributed by atoms with Crippen LogP contribution >= 0.6 is 11.8 Å². The van der Waals surface area contributed by atoms with Gasteiger partial charge in [-0.05, 0) is 38.5 Å². The first-order valence-corrected chi connectivity index (χ1v) is 14.6. The normalized spacial score (nSPS) is 22.4. The average Bonchev–Trinajstić information content (AvgIpc) is 3.28. The van der Waals surface area contributed by atoms with Crippen molar-refractivity contribution in [2.45, 2.75) is 50.1 Å². The number of hydrogen-bond acceptors (Lipinski definition) is 7. The van der Waals surface area contributed by atoms with Crippen LogP contribution in [0.25, 0.3) is 0 Å². The highest BCUT2D eigenvalue weighted by Gasteiger charge is 2.49. The number of ether oxygens (including phenoxy) is 2. The zero-order chi connectivity index (χ0) is 26.8. The van der Waals surface area contributed by atoms with Gasteiger partial charge in [-0.25, -0.2) is 13.2 Å². The number of carbonyl (C=O) groups excluding carboxylic acids is 2. The predicted molar refractivity (Wildman–Crippen MR) is 145 cm³/mol. The Hall–Kier alpha value is -3.05. The zero-order valence-corrected chi connectivity index (χ0v) is 22.8. The van der Waals surface area contributed by atoms with Gasteiger partial charge in [0.1, 0.15) is 17.4 Å². The molecule has 0 saturated carbocycles. The number of sulfone groups is 1. The second kappa shape index (κ2) is 10.7. The maximum atomic E-state index is 13.5. The second-order valence-corrected chi connectivity index (χ2v) is 13.4. The number of amidine groups is 1. The SMILES string of the molecule is COc1cccc(N2C(=NC(=O)[C@@H](Cc3ccccc3)NC(=O)OC(C)(C)C)S[C@H]3CS(=O)(=O)C[C@H]32)c1. The van der Waals surface area contributed by atoms with E-state index < -0.39 is 33.5 Å². The third-order valence-corrected chi connectivity index (χ3v) is 9.09. The highest BCUT2D eigenvalue weighted by atomic mass is 32.2. The van der Waals surface area contributed by atoms with Gasteiger partial charge in [-0.1, -0.05) is 48.2 Å². The van der Waals surface area contributed by atoms with E-state index in [0.717, 1.165) is 5.56 Å². The summed E-state index contributed by atoms with van der Waals surface area (Å²) in [6.07, 6.45) is -0.491. The largest absolute Gasteiger partial charge is 0.497 e. The fourth-order valence-corrected chi connectivity index (χ4v) is 8.22. The van der Waals surface area contributed by atoms with E-state index in [9.17, 15) is 18.0 Å². The average molecular weight is 546 g/mol. The molecule has 2 saturated heterocycles. The Morgan fingerprint density at radius 3 is 2.54 bits per heavy atom. The fraction of sp³-hybridized carbons (Fsp3) is 0.423. The van der Waals surface area contributed by atoms with E-state index in [1.807, 2.05) is 36.4 Å². The molecule has 2 aliphatic rings. The van der Waals surface area contributed by atoms with Crippen LogP contribution in [-0.2, 0) is 25.8 Å². The number of anilines is 1. The van der Waals surface area contributed by atoms with Crippen molar-refractivity contribution in [3.05, 3.63) is 60.2 Å². The third-order valence-electron chi connectivity index (χ3n) is 5.88. The van der Waals surface area contributed by atoms with E-state index in [-0.39, 0.29) is 29.2 Å². The van der Waals surface area contributed by atoms with E-state index in [0.29, 0.717) is 16.6 Å². The number of methoxy groups -OCH3 is 1. The molecule has 4 rings (SSSR count). The van der Waals surface area contributed by atoms with Crippen molar-refractivity contribution in [1.82, 2.24) is 5.32 Å². The van der Waals surface area contributed by atoms with Gasteiger partial charge in [0.25, 0.3) is 5.91 Å². The van der Waals surface area contributed by atoms with Crippen LogP contribution in [0, 0.1) is 0 Å². The molecule has 0 radical (unpaired) electrons. The number of fused-ring (bicyclic) bond motifs is 1. The standard InChI is InChI=1S/C26H31N3O6S2/c1-26(2,3)35-25(31)27-20(13-17-9-6-5-7-10-17)23(30)28-24-29(18-11-8-12-19(14-18)34-4)21-15-37(32,33)16-22(21)36-24/h5-12,14,20-22H,13,15-16H2,1-4H3,(H,27,31)/t20-,21-,22+/m1/s1. The number of thioether (sulfide) groups is 1. The van der Waals surface area contributed by atoms with Crippen molar-refractivity contribution in [2.75, 3.05) is 23.5 Å². The van der Waals surface area contributed by atoms with Gasteiger partial charge in [0.2, 0.25) is 0 Å². The van der Waals surface area contributed by atoms with Crippen LogP contribution in [0.5, 0.6) is 5.75 Å². The lowest BCUT2D eigenvalue weighted by Gasteiger charge is -2.25. The fourth-order valence-electron chi connectivity index (χ4n) is 4.30. The minimum Gasteiger partial charge on any atom is -0.497 e. The number of nitrogens with zero attached hydrogens (tertiary/aromatic N) is 2. The molecule has 2 aromatic rings. The molecule has 3 atom stereocenters.